The molecule has 28 heavy (non-hydrogen) atoms. The molecule has 2 aromatic carbocycles. The summed E-state index contributed by atoms with van der Waals surface area (Å²) in [6, 6.07) is 12.7. The highest BCUT2D eigenvalue weighted by atomic mass is 19.1. The zero-order valence-corrected chi connectivity index (χ0v) is 16.7. The van der Waals surface area contributed by atoms with Crippen molar-refractivity contribution >= 4 is 11.8 Å². The van der Waals surface area contributed by atoms with Gasteiger partial charge in [-0.25, -0.2) is 4.39 Å². The maximum absolute atomic E-state index is 14.1. The van der Waals surface area contributed by atoms with Gasteiger partial charge in [-0.05, 0) is 45.4 Å². The highest BCUT2D eigenvalue weighted by Gasteiger charge is 2.27. The number of nitrogens with one attached hydrogen (secondary N) is 1. The second-order valence-electron chi connectivity index (χ2n) is 7.01. The standard InChI is InChI=1S/C22H27FN2O3/c1-15(2)24-22(27)17(4)25(13-18-10-6-7-11-19(18)23)21(26)14-28-20-12-8-5-9-16(20)3/h5-12,15,17H,13-14H2,1-4H3,(H,24,27). The zero-order valence-electron chi connectivity index (χ0n) is 16.7. The number of benzene rings is 2. The fraction of sp³-hybridized carbons (Fsp3) is 0.364. The molecule has 5 nitrogen and oxygen atoms in total. The molecule has 1 atom stereocenters. The second-order valence-corrected chi connectivity index (χ2v) is 7.01. The number of hydrogen-bond donors (Lipinski definition) is 1. The number of carbonyl (C=O) groups is 2. The Morgan fingerprint density at radius 2 is 1.71 bits per heavy atom. The fourth-order valence-electron chi connectivity index (χ4n) is 2.74. The molecule has 0 aliphatic heterocycles. The molecule has 2 rings (SSSR count). The van der Waals surface area contributed by atoms with Gasteiger partial charge in [-0.15, -0.1) is 0 Å². The van der Waals surface area contributed by atoms with Gasteiger partial charge in [0.1, 0.15) is 17.6 Å². The summed E-state index contributed by atoms with van der Waals surface area (Å²) in [5.41, 5.74) is 1.25. The van der Waals surface area contributed by atoms with Gasteiger partial charge in [0.2, 0.25) is 5.91 Å². The first-order valence-electron chi connectivity index (χ1n) is 9.31. The summed E-state index contributed by atoms with van der Waals surface area (Å²) in [6.07, 6.45) is 0. The zero-order chi connectivity index (χ0) is 20.7. The largest absolute Gasteiger partial charge is 0.484 e. The van der Waals surface area contributed by atoms with Crippen LogP contribution in [0.4, 0.5) is 4.39 Å². The summed E-state index contributed by atoms with van der Waals surface area (Å²) in [6.45, 7) is 6.94. The maximum atomic E-state index is 14.1. The van der Waals surface area contributed by atoms with Gasteiger partial charge in [0, 0.05) is 18.2 Å². The van der Waals surface area contributed by atoms with Crippen LogP contribution in [0.1, 0.15) is 31.9 Å². The lowest BCUT2D eigenvalue weighted by molar-refractivity contribution is -0.142. The SMILES string of the molecule is Cc1ccccc1OCC(=O)N(Cc1ccccc1F)C(C)C(=O)NC(C)C. The van der Waals surface area contributed by atoms with Crippen LogP contribution in [0.2, 0.25) is 0 Å². The Morgan fingerprint density at radius 3 is 2.36 bits per heavy atom. The van der Waals surface area contributed by atoms with Gasteiger partial charge in [-0.1, -0.05) is 36.4 Å². The van der Waals surface area contributed by atoms with E-state index in [0.717, 1.165) is 5.56 Å². The van der Waals surface area contributed by atoms with Gasteiger partial charge in [0.25, 0.3) is 5.91 Å². The molecule has 0 saturated carbocycles. The van der Waals surface area contributed by atoms with Crippen molar-refractivity contribution in [1.29, 1.82) is 0 Å². The van der Waals surface area contributed by atoms with E-state index in [9.17, 15) is 14.0 Å². The van der Waals surface area contributed by atoms with Gasteiger partial charge in [0.05, 0.1) is 0 Å². The van der Waals surface area contributed by atoms with E-state index in [-0.39, 0.29) is 25.1 Å². The van der Waals surface area contributed by atoms with Crippen molar-refractivity contribution in [3.8, 4) is 5.75 Å². The number of rotatable bonds is 8. The van der Waals surface area contributed by atoms with Crippen LogP contribution in [-0.2, 0) is 16.1 Å². The first kappa shape index (κ1) is 21.4. The average Bonchev–Trinajstić information content (AvgIpc) is 2.65. The van der Waals surface area contributed by atoms with Gasteiger partial charge in [-0.2, -0.15) is 0 Å². The molecule has 0 aromatic heterocycles. The monoisotopic (exact) mass is 386 g/mol. The molecule has 0 heterocycles. The molecule has 0 saturated heterocycles. The second kappa shape index (κ2) is 9.88. The van der Waals surface area contributed by atoms with E-state index in [1.807, 2.05) is 39.0 Å². The van der Waals surface area contributed by atoms with Crippen molar-refractivity contribution in [2.24, 2.45) is 0 Å². The van der Waals surface area contributed by atoms with E-state index in [4.69, 9.17) is 4.74 Å². The normalized spacial score (nSPS) is 11.8. The van der Waals surface area contributed by atoms with Crippen LogP contribution in [0.3, 0.4) is 0 Å². The Kier molecular flexibility index (Phi) is 7.55. The Morgan fingerprint density at radius 1 is 1.07 bits per heavy atom. The summed E-state index contributed by atoms with van der Waals surface area (Å²) in [5, 5.41) is 2.79. The summed E-state index contributed by atoms with van der Waals surface area (Å²) in [5.74, 6) is -0.508. The molecule has 150 valence electrons. The minimum Gasteiger partial charge on any atom is -0.484 e. The highest BCUT2D eigenvalue weighted by Crippen LogP contribution is 2.17. The summed E-state index contributed by atoms with van der Waals surface area (Å²) in [4.78, 5) is 26.7. The van der Waals surface area contributed by atoms with E-state index in [1.165, 1.54) is 11.0 Å². The van der Waals surface area contributed by atoms with E-state index < -0.39 is 17.8 Å². The van der Waals surface area contributed by atoms with Crippen LogP contribution in [0, 0.1) is 12.7 Å². The van der Waals surface area contributed by atoms with Crippen LogP contribution in [0.25, 0.3) is 0 Å². The number of hydrogen-bond acceptors (Lipinski definition) is 3. The van der Waals surface area contributed by atoms with Crippen molar-refractivity contribution in [3.05, 3.63) is 65.5 Å². The van der Waals surface area contributed by atoms with Crippen LogP contribution in [0.15, 0.2) is 48.5 Å². The van der Waals surface area contributed by atoms with Crippen molar-refractivity contribution in [2.45, 2.75) is 46.3 Å². The average molecular weight is 386 g/mol. The van der Waals surface area contributed by atoms with E-state index in [1.54, 1.807) is 31.2 Å². The van der Waals surface area contributed by atoms with Gasteiger partial charge >= 0.3 is 0 Å². The number of halogens is 1. The number of nitrogens with zero attached hydrogens (tertiary/aromatic N) is 1. The van der Waals surface area contributed by atoms with Gasteiger partial charge < -0.3 is 15.0 Å². The Hall–Kier alpha value is -2.89. The maximum Gasteiger partial charge on any atom is 0.261 e. The summed E-state index contributed by atoms with van der Waals surface area (Å²) in [7, 11) is 0. The lowest BCUT2D eigenvalue weighted by Gasteiger charge is -2.29. The molecule has 0 aliphatic rings. The predicted octanol–water partition coefficient (Wildman–Crippen LogP) is 3.45. The van der Waals surface area contributed by atoms with Crippen molar-refractivity contribution in [2.75, 3.05) is 6.61 Å². The summed E-state index contributed by atoms with van der Waals surface area (Å²) >= 11 is 0. The quantitative estimate of drug-likeness (QED) is 0.756. The molecular weight excluding hydrogens is 359 g/mol. The molecule has 0 fully saturated rings. The Balaban J connectivity index is 2.18. The number of amides is 2. The number of para-hydroxylation sites is 1. The molecule has 1 unspecified atom stereocenters. The van der Waals surface area contributed by atoms with Crippen molar-refractivity contribution in [3.63, 3.8) is 0 Å². The number of ether oxygens (including phenoxy) is 1. The third-order valence-electron chi connectivity index (χ3n) is 4.34. The van der Waals surface area contributed by atoms with Crippen molar-refractivity contribution < 1.29 is 18.7 Å². The third kappa shape index (κ3) is 5.81. The van der Waals surface area contributed by atoms with Gasteiger partial charge in [-0.3, -0.25) is 9.59 Å². The lowest BCUT2D eigenvalue weighted by Crippen LogP contribution is -2.50. The van der Waals surface area contributed by atoms with Crippen LogP contribution >= 0.6 is 0 Å². The number of aryl methyl sites for hydroxylation is 1. The van der Waals surface area contributed by atoms with Crippen LogP contribution < -0.4 is 10.1 Å². The van der Waals surface area contributed by atoms with Crippen LogP contribution in [0.5, 0.6) is 5.75 Å². The molecule has 0 aliphatic carbocycles. The molecule has 0 radical (unpaired) electrons. The smallest absolute Gasteiger partial charge is 0.261 e. The molecule has 2 aromatic rings. The van der Waals surface area contributed by atoms with E-state index in [0.29, 0.717) is 11.3 Å². The third-order valence-corrected chi connectivity index (χ3v) is 4.34. The van der Waals surface area contributed by atoms with Crippen LogP contribution in [-0.4, -0.2) is 35.4 Å². The van der Waals surface area contributed by atoms with E-state index in [2.05, 4.69) is 5.32 Å². The topological polar surface area (TPSA) is 58.6 Å². The first-order chi connectivity index (χ1) is 13.3. The van der Waals surface area contributed by atoms with Crippen molar-refractivity contribution in [1.82, 2.24) is 10.2 Å². The minimum atomic E-state index is -0.769. The Labute approximate surface area is 165 Å². The molecular formula is C22H27FN2O3. The van der Waals surface area contributed by atoms with Gasteiger partial charge in [0.15, 0.2) is 6.61 Å². The molecule has 2 amide bonds. The molecule has 6 heteroatoms. The molecule has 0 spiro atoms. The highest BCUT2D eigenvalue weighted by molar-refractivity contribution is 5.88. The fourth-order valence-corrected chi connectivity index (χ4v) is 2.74. The molecule has 1 N–H and O–H groups in total. The molecule has 0 bridgehead atoms. The lowest BCUT2D eigenvalue weighted by atomic mass is 10.1. The summed E-state index contributed by atoms with van der Waals surface area (Å²) < 4.78 is 19.8. The Bertz CT molecular complexity index is 823. The number of carbonyl (C=O) groups excluding carboxylic acids is 2. The predicted molar refractivity (Wildman–Crippen MR) is 106 cm³/mol. The minimum absolute atomic E-state index is 0.0185. The van der Waals surface area contributed by atoms with E-state index >= 15 is 0 Å². The first-order valence-corrected chi connectivity index (χ1v) is 9.31.